The molecule has 1 fully saturated rings. The number of hydrogen-bond acceptors (Lipinski definition) is 4. The second-order valence-corrected chi connectivity index (χ2v) is 7.50. The van der Waals surface area contributed by atoms with E-state index in [4.69, 9.17) is 21.1 Å². The van der Waals surface area contributed by atoms with Gasteiger partial charge in [0.05, 0.1) is 12.7 Å². The van der Waals surface area contributed by atoms with Gasteiger partial charge in [0.1, 0.15) is 5.75 Å². The molecule has 1 amide bonds. The first-order valence-corrected chi connectivity index (χ1v) is 9.96. The molecule has 2 aromatic rings. The highest BCUT2D eigenvalue weighted by Crippen LogP contribution is 2.26. The molecule has 1 aliphatic heterocycles. The Morgan fingerprint density at radius 3 is 2.67 bits per heavy atom. The summed E-state index contributed by atoms with van der Waals surface area (Å²) in [4.78, 5) is 13.7. The number of carbonyl (C=O) groups excluding carboxylic acids is 1. The van der Waals surface area contributed by atoms with Crippen LogP contribution >= 0.6 is 36.4 Å². The average Bonchev–Trinajstić information content (AvgIpc) is 2.73. The molecular weight excluding hydrogens is 447 g/mol. The highest BCUT2D eigenvalue weighted by atomic mass is 35.5. The van der Waals surface area contributed by atoms with Crippen molar-refractivity contribution in [3.63, 3.8) is 0 Å². The topological polar surface area (TPSA) is 50.8 Å². The molecule has 3 rings (SSSR count). The van der Waals surface area contributed by atoms with Gasteiger partial charge in [-0.3, -0.25) is 9.69 Å². The monoisotopic (exact) mass is 474 g/mol. The number of rotatable bonds is 7. The Labute approximate surface area is 195 Å². The number of carbonyl (C=O) groups is 1. The molecular formula is C22H29Cl3N2O3. The summed E-state index contributed by atoms with van der Waals surface area (Å²) in [6, 6.07) is 16.3. The molecule has 30 heavy (non-hydrogen) atoms. The maximum absolute atomic E-state index is 11.3. The van der Waals surface area contributed by atoms with Crippen LogP contribution in [-0.2, 0) is 16.0 Å². The van der Waals surface area contributed by atoms with E-state index in [-0.39, 0.29) is 43.4 Å². The zero-order valence-corrected chi connectivity index (χ0v) is 19.6. The smallest absolute Gasteiger partial charge is 0.257 e. The Morgan fingerprint density at radius 2 is 2.00 bits per heavy atom. The summed E-state index contributed by atoms with van der Waals surface area (Å²) in [6.45, 7) is 4.77. The lowest BCUT2D eigenvalue weighted by molar-refractivity contribution is -0.122. The van der Waals surface area contributed by atoms with Gasteiger partial charge in [0.2, 0.25) is 0 Å². The van der Waals surface area contributed by atoms with E-state index in [1.54, 1.807) is 7.05 Å². The largest absolute Gasteiger partial charge is 0.484 e. The number of hydrogen-bond donors (Lipinski definition) is 1. The molecule has 1 heterocycles. The summed E-state index contributed by atoms with van der Waals surface area (Å²) in [5.41, 5.74) is 2.37. The molecule has 5 nitrogen and oxygen atoms in total. The van der Waals surface area contributed by atoms with Gasteiger partial charge in [-0.05, 0) is 48.7 Å². The third-order valence-corrected chi connectivity index (χ3v) is 5.28. The van der Waals surface area contributed by atoms with Crippen molar-refractivity contribution in [2.75, 3.05) is 33.4 Å². The summed E-state index contributed by atoms with van der Waals surface area (Å²) < 4.78 is 11.4. The van der Waals surface area contributed by atoms with E-state index in [0.717, 1.165) is 30.1 Å². The third kappa shape index (κ3) is 7.64. The van der Waals surface area contributed by atoms with Crippen LogP contribution in [0.3, 0.4) is 0 Å². The van der Waals surface area contributed by atoms with Gasteiger partial charge in [-0.1, -0.05) is 35.9 Å². The molecule has 1 saturated heterocycles. The Balaban J connectivity index is 0.00000225. The first kappa shape index (κ1) is 26.5. The number of nitrogens with zero attached hydrogens (tertiary/aromatic N) is 1. The summed E-state index contributed by atoms with van der Waals surface area (Å²) in [6.07, 6.45) is 0.994. The predicted molar refractivity (Wildman–Crippen MR) is 125 cm³/mol. The van der Waals surface area contributed by atoms with Crippen molar-refractivity contribution in [1.82, 2.24) is 10.2 Å². The van der Waals surface area contributed by atoms with Crippen molar-refractivity contribution < 1.29 is 14.3 Å². The van der Waals surface area contributed by atoms with Crippen molar-refractivity contribution >= 4 is 42.3 Å². The number of amides is 1. The molecule has 0 spiro atoms. The van der Waals surface area contributed by atoms with Crippen LogP contribution in [0.1, 0.15) is 24.2 Å². The van der Waals surface area contributed by atoms with Crippen LogP contribution in [0.15, 0.2) is 48.5 Å². The Bertz CT molecular complexity index is 789. The van der Waals surface area contributed by atoms with Gasteiger partial charge in [-0.2, -0.15) is 0 Å². The van der Waals surface area contributed by atoms with Crippen LogP contribution in [0.4, 0.5) is 0 Å². The number of ether oxygens (including phenoxy) is 2. The highest BCUT2D eigenvalue weighted by Gasteiger charge is 2.25. The summed E-state index contributed by atoms with van der Waals surface area (Å²) >= 11 is 6.13. The molecule has 0 saturated carbocycles. The second kappa shape index (κ2) is 13.0. The molecule has 2 atom stereocenters. The van der Waals surface area contributed by atoms with E-state index in [9.17, 15) is 4.79 Å². The number of likely N-dealkylation sites (N-methyl/N-ethyl adjacent to an activating group) is 1. The molecule has 0 bridgehead atoms. The van der Waals surface area contributed by atoms with Gasteiger partial charge in [0.25, 0.3) is 5.91 Å². The van der Waals surface area contributed by atoms with E-state index >= 15 is 0 Å². The van der Waals surface area contributed by atoms with E-state index in [0.29, 0.717) is 18.4 Å². The van der Waals surface area contributed by atoms with Crippen LogP contribution in [0.25, 0.3) is 0 Å². The van der Waals surface area contributed by atoms with Gasteiger partial charge >= 0.3 is 0 Å². The number of nitrogens with one attached hydrogen (secondary N) is 1. The maximum atomic E-state index is 11.3. The first-order valence-electron chi connectivity index (χ1n) is 9.58. The fourth-order valence-electron chi connectivity index (χ4n) is 3.39. The zero-order valence-electron chi connectivity index (χ0n) is 17.2. The number of halogens is 3. The molecule has 0 radical (unpaired) electrons. The lowest BCUT2D eigenvalue weighted by atomic mass is 10.0. The third-order valence-electron chi connectivity index (χ3n) is 5.04. The molecule has 8 heteroatoms. The molecule has 1 N–H and O–H groups in total. The summed E-state index contributed by atoms with van der Waals surface area (Å²) in [5.74, 6) is 0.562. The van der Waals surface area contributed by atoms with Gasteiger partial charge < -0.3 is 14.8 Å². The zero-order chi connectivity index (χ0) is 19.9. The Hall–Kier alpha value is -1.50. The predicted octanol–water partition coefficient (Wildman–Crippen LogP) is 4.31. The van der Waals surface area contributed by atoms with Crippen molar-refractivity contribution in [3.05, 3.63) is 64.7 Å². The van der Waals surface area contributed by atoms with Crippen LogP contribution in [0.5, 0.6) is 5.75 Å². The lowest BCUT2D eigenvalue weighted by Gasteiger charge is -2.37. The number of benzene rings is 2. The fourth-order valence-corrected chi connectivity index (χ4v) is 3.59. The summed E-state index contributed by atoms with van der Waals surface area (Å²) in [5, 5.41) is 3.28. The molecule has 2 aromatic carbocycles. The number of morpholine rings is 1. The second-order valence-electron chi connectivity index (χ2n) is 7.07. The van der Waals surface area contributed by atoms with E-state index < -0.39 is 0 Å². The van der Waals surface area contributed by atoms with Gasteiger partial charge in [0.15, 0.2) is 6.61 Å². The minimum atomic E-state index is -0.140. The Morgan fingerprint density at radius 1 is 1.27 bits per heavy atom. The molecule has 0 aliphatic carbocycles. The van der Waals surface area contributed by atoms with Crippen molar-refractivity contribution in [2.24, 2.45) is 0 Å². The normalized spacial score (nSPS) is 17.2. The van der Waals surface area contributed by atoms with Crippen LogP contribution < -0.4 is 10.1 Å². The SMILES string of the molecule is CNC(=O)COc1ccc(CC(C)N2CCOC(c3cccc(Cl)c3)C2)cc1.Cl.Cl. The minimum Gasteiger partial charge on any atom is -0.484 e. The van der Waals surface area contributed by atoms with E-state index in [1.165, 1.54) is 5.56 Å². The fraction of sp³-hybridized carbons (Fsp3) is 0.409. The van der Waals surface area contributed by atoms with Crippen molar-refractivity contribution in [3.8, 4) is 5.75 Å². The minimum absolute atomic E-state index is 0. The standard InChI is InChI=1S/C22H27ClN2O3.2ClH/c1-16(12-17-6-8-20(9-7-17)28-15-22(26)24-2)25-10-11-27-21(14-25)18-4-3-5-19(23)13-18;;/h3-9,13,16,21H,10-12,14-15H2,1-2H3,(H,24,26);2*1H. The summed E-state index contributed by atoms with van der Waals surface area (Å²) in [7, 11) is 1.60. The van der Waals surface area contributed by atoms with Gasteiger partial charge in [-0.25, -0.2) is 0 Å². The molecule has 0 aromatic heterocycles. The molecule has 2 unspecified atom stereocenters. The van der Waals surface area contributed by atoms with Gasteiger partial charge in [-0.15, -0.1) is 24.8 Å². The van der Waals surface area contributed by atoms with E-state index in [1.807, 2.05) is 30.3 Å². The van der Waals surface area contributed by atoms with Crippen molar-refractivity contribution in [2.45, 2.75) is 25.5 Å². The van der Waals surface area contributed by atoms with E-state index in [2.05, 4.69) is 35.3 Å². The Kier molecular flexibility index (Phi) is 11.5. The first-order chi connectivity index (χ1) is 13.5. The molecule has 1 aliphatic rings. The van der Waals surface area contributed by atoms with Crippen LogP contribution in [0, 0.1) is 0 Å². The van der Waals surface area contributed by atoms with Gasteiger partial charge in [0, 0.05) is 31.2 Å². The lowest BCUT2D eigenvalue weighted by Crippen LogP contribution is -2.44. The average molecular weight is 476 g/mol. The van der Waals surface area contributed by atoms with Crippen molar-refractivity contribution in [1.29, 1.82) is 0 Å². The van der Waals surface area contributed by atoms with Crippen LogP contribution in [0.2, 0.25) is 5.02 Å². The molecule has 166 valence electrons. The van der Waals surface area contributed by atoms with Crippen LogP contribution in [-0.4, -0.2) is 50.2 Å². The highest BCUT2D eigenvalue weighted by molar-refractivity contribution is 6.30. The maximum Gasteiger partial charge on any atom is 0.257 e. The quantitative estimate of drug-likeness (QED) is 0.648.